The number of aliphatic hydroxyl groups is 1. The summed E-state index contributed by atoms with van der Waals surface area (Å²) in [4.78, 5) is 4.55. The van der Waals surface area contributed by atoms with Gasteiger partial charge in [-0.15, -0.1) is 5.10 Å². The summed E-state index contributed by atoms with van der Waals surface area (Å²) in [6.45, 7) is 0.261. The molecule has 2 heterocycles. The molecule has 0 saturated heterocycles. The lowest BCUT2D eigenvalue weighted by atomic mass is 10.1. The molecule has 0 aliphatic rings. The number of pyridine rings is 1. The molecule has 4 rings (SSSR count). The predicted molar refractivity (Wildman–Crippen MR) is 107 cm³/mol. The summed E-state index contributed by atoms with van der Waals surface area (Å²) in [5, 5.41) is 16.6. The normalized spacial score (nSPS) is 10.8. The van der Waals surface area contributed by atoms with Crippen molar-refractivity contribution in [3.8, 4) is 22.8 Å². The average molecular weight is 376 g/mol. The summed E-state index contributed by atoms with van der Waals surface area (Å²) in [6.07, 6.45) is 0. The molecule has 0 saturated carbocycles. The highest BCUT2D eigenvalue weighted by Gasteiger charge is 2.09. The molecule has 0 aliphatic heterocycles. The number of benzene rings is 2. The molecule has 7 heteroatoms. The highest BCUT2D eigenvalue weighted by Crippen LogP contribution is 2.24. The molecule has 2 aromatic carbocycles. The standard InChI is InChI=1S/C21H20N4O3/c1-27-17-9-5-15(6-10-17)19-3-2-4-20-23-21(24-25(19)20)22-16-7-11-18(12-8-16)28-14-13-26/h2-12,26H,13-14H2,1H3,(H,22,24). The SMILES string of the molecule is COc1ccc(-c2cccc3nc(Nc4ccc(OCCO)cc4)nn23)cc1. The van der Waals surface area contributed by atoms with E-state index >= 15 is 0 Å². The maximum atomic E-state index is 8.81. The Labute approximate surface area is 162 Å². The van der Waals surface area contributed by atoms with Crippen LogP contribution in [0, 0.1) is 0 Å². The zero-order valence-corrected chi connectivity index (χ0v) is 15.4. The fraction of sp³-hybridized carbons (Fsp3) is 0.143. The summed E-state index contributed by atoms with van der Waals surface area (Å²) in [7, 11) is 1.65. The zero-order chi connectivity index (χ0) is 19.3. The molecule has 0 atom stereocenters. The van der Waals surface area contributed by atoms with E-state index in [1.807, 2.05) is 71.2 Å². The molecule has 0 bridgehead atoms. The van der Waals surface area contributed by atoms with E-state index in [1.165, 1.54) is 0 Å². The van der Waals surface area contributed by atoms with Crippen LogP contribution in [0.4, 0.5) is 11.6 Å². The van der Waals surface area contributed by atoms with Crippen LogP contribution in [0.1, 0.15) is 0 Å². The van der Waals surface area contributed by atoms with Gasteiger partial charge in [0.2, 0.25) is 5.95 Å². The monoisotopic (exact) mass is 376 g/mol. The first-order chi connectivity index (χ1) is 13.8. The van der Waals surface area contributed by atoms with E-state index in [0.29, 0.717) is 11.7 Å². The van der Waals surface area contributed by atoms with E-state index in [2.05, 4.69) is 15.4 Å². The van der Waals surface area contributed by atoms with Crippen molar-refractivity contribution in [3.63, 3.8) is 0 Å². The van der Waals surface area contributed by atoms with Crippen LogP contribution in [0.2, 0.25) is 0 Å². The van der Waals surface area contributed by atoms with Gasteiger partial charge in [0.05, 0.1) is 19.4 Å². The Balaban J connectivity index is 1.59. The number of aliphatic hydroxyl groups excluding tert-OH is 1. The van der Waals surface area contributed by atoms with Gasteiger partial charge in [0.25, 0.3) is 0 Å². The lowest BCUT2D eigenvalue weighted by Crippen LogP contribution is -2.01. The van der Waals surface area contributed by atoms with Crippen molar-refractivity contribution in [1.82, 2.24) is 14.6 Å². The van der Waals surface area contributed by atoms with E-state index in [9.17, 15) is 0 Å². The summed E-state index contributed by atoms with van der Waals surface area (Å²) in [5.41, 5.74) is 3.55. The number of hydrogen-bond acceptors (Lipinski definition) is 6. The average Bonchev–Trinajstić information content (AvgIpc) is 3.16. The van der Waals surface area contributed by atoms with Crippen molar-refractivity contribution in [2.45, 2.75) is 0 Å². The minimum absolute atomic E-state index is 0.0122. The van der Waals surface area contributed by atoms with E-state index in [0.717, 1.165) is 28.3 Å². The third-order valence-corrected chi connectivity index (χ3v) is 4.22. The van der Waals surface area contributed by atoms with Gasteiger partial charge in [0.15, 0.2) is 5.65 Å². The first-order valence-electron chi connectivity index (χ1n) is 8.88. The van der Waals surface area contributed by atoms with Gasteiger partial charge < -0.3 is 19.9 Å². The number of aromatic nitrogens is 3. The highest BCUT2D eigenvalue weighted by atomic mass is 16.5. The van der Waals surface area contributed by atoms with E-state index in [4.69, 9.17) is 14.6 Å². The lowest BCUT2D eigenvalue weighted by Gasteiger charge is -2.06. The van der Waals surface area contributed by atoms with Crippen molar-refractivity contribution in [3.05, 3.63) is 66.7 Å². The van der Waals surface area contributed by atoms with Crippen molar-refractivity contribution in [1.29, 1.82) is 0 Å². The van der Waals surface area contributed by atoms with Crippen LogP contribution in [0.3, 0.4) is 0 Å². The third-order valence-electron chi connectivity index (χ3n) is 4.22. The Hall–Kier alpha value is -3.58. The Morgan fingerprint density at radius 2 is 1.71 bits per heavy atom. The molecular formula is C21H20N4O3. The van der Waals surface area contributed by atoms with Crippen LogP contribution in [0.5, 0.6) is 11.5 Å². The molecule has 0 radical (unpaired) electrons. The van der Waals surface area contributed by atoms with Crippen LogP contribution < -0.4 is 14.8 Å². The minimum atomic E-state index is -0.0122. The van der Waals surface area contributed by atoms with Gasteiger partial charge in [-0.2, -0.15) is 4.98 Å². The molecule has 0 fully saturated rings. The molecule has 28 heavy (non-hydrogen) atoms. The zero-order valence-electron chi connectivity index (χ0n) is 15.4. The lowest BCUT2D eigenvalue weighted by molar-refractivity contribution is 0.201. The van der Waals surface area contributed by atoms with Crippen LogP contribution in [-0.4, -0.2) is 40.0 Å². The number of hydrogen-bond donors (Lipinski definition) is 2. The van der Waals surface area contributed by atoms with Gasteiger partial charge in [-0.1, -0.05) is 6.07 Å². The molecule has 4 aromatic rings. The maximum absolute atomic E-state index is 8.81. The number of nitrogens with zero attached hydrogens (tertiary/aromatic N) is 3. The minimum Gasteiger partial charge on any atom is -0.497 e. The van der Waals surface area contributed by atoms with E-state index in [-0.39, 0.29) is 13.2 Å². The van der Waals surface area contributed by atoms with Gasteiger partial charge in [-0.3, -0.25) is 0 Å². The molecule has 0 amide bonds. The Morgan fingerprint density at radius 3 is 2.43 bits per heavy atom. The summed E-state index contributed by atoms with van der Waals surface area (Å²) < 4.78 is 12.4. The van der Waals surface area contributed by atoms with Crippen molar-refractivity contribution in [2.24, 2.45) is 0 Å². The fourth-order valence-electron chi connectivity index (χ4n) is 2.87. The van der Waals surface area contributed by atoms with Crippen molar-refractivity contribution in [2.75, 3.05) is 25.6 Å². The molecule has 0 spiro atoms. The van der Waals surface area contributed by atoms with Crippen LogP contribution in [0.25, 0.3) is 16.9 Å². The Morgan fingerprint density at radius 1 is 0.964 bits per heavy atom. The van der Waals surface area contributed by atoms with Gasteiger partial charge in [-0.25, -0.2) is 4.52 Å². The van der Waals surface area contributed by atoms with Gasteiger partial charge in [0.1, 0.15) is 18.1 Å². The summed E-state index contributed by atoms with van der Waals surface area (Å²) in [6, 6.07) is 21.1. The topological polar surface area (TPSA) is 80.9 Å². The Kier molecular flexibility index (Phi) is 5.07. The van der Waals surface area contributed by atoms with Gasteiger partial charge in [0, 0.05) is 11.3 Å². The molecule has 0 unspecified atom stereocenters. The van der Waals surface area contributed by atoms with Crippen LogP contribution in [-0.2, 0) is 0 Å². The second-order valence-corrected chi connectivity index (χ2v) is 6.07. The second kappa shape index (κ2) is 7.98. The Bertz CT molecular complexity index is 1060. The smallest absolute Gasteiger partial charge is 0.247 e. The van der Waals surface area contributed by atoms with Crippen LogP contribution >= 0.6 is 0 Å². The predicted octanol–water partition coefficient (Wildman–Crippen LogP) is 3.52. The highest BCUT2D eigenvalue weighted by molar-refractivity contribution is 5.65. The summed E-state index contributed by atoms with van der Waals surface area (Å²) in [5.74, 6) is 2.01. The first kappa shape index (κ1) is 17.8. The number of ether oxygens (including phenoxy) is 2. The van der Waals surface area contributed by atoms with Crippen molar-refractivity contribution < 1.29 is 14.6 Å². The number of fused-ring (bicyclic) bond motifs is 1. The number of nitrogens with one attached hydrogen (secondary N) is 1. The van der Waals surface area contributed by atoms with Gasteiger partial charge in [-0.05, 0) is 60.7 Å². The quantitative estimate of drug-likeness (QED) is 0.514. The number of anilines is 2. The second-order valence-electron chi connectivity index (χ2n) is 6.07. The molecule has 142 valence electrons. The molecule has 7 nitrogen and oxygen atoms in total. The fourth-order valence-corrected chi connectivity index (χ4v) is 2.87. The van der Waals surface area contributed by atoms with Crippen LogP contribution in [0.15, 0.2) is 66.7 Å². The summed E-state index contributed by atoms with van der Waals surface area (Å²) >= 11 is 0. The molecule has 2 aromatic heterocycles. The molecule has 0 aliphatic carbocycles. The first-order valence-corrected chi connectivity index (χ1v) is 8.88. The van der Waals surface area contributed by atoms with Crippen molar-refractivity contribution >= 4 is 17.3 Å². The molecule has 2 N–H and O–H groups in total. The number of rotatable bonds is 7. The number of methoxy groups -OCH3 is 1. The molecular weight excluding hydrogens is 356 g/mol. The van der Waals surface area contributed by atoms with Gasteiger partial charge >= 0.3 is 0 Å². The van der Waals surface area contributed by atoms with E-state index in [1.54, 1.807) is 7.11 Å². The maximum Gasteiger partial charge on any atom is 0.247 e. The third kappa shape index (κ3) is 3.74. The van der Waals surface area contributed by atoms with E-state index < -0.39 is 0 Å². The largest absolute Gasteiger partial charge is 0.497 e.